The van der Waals surface area contributed by atoms with Crippen LogP contribution in [-0.2, 0) is 6.54 Å². The van der Waals surface area contributed by atoms with Gasteiger partial charge in [0.15, 0.2) is 0 Å². The zero-order valence-corrected chi connectivity index (χ0v) is 9.82. The van der Waals surface area contributed by atoms with E-state index < -0.39 is 0 Å². The summed E-state index contributed by atoms with van der Waals surface area (Å²) in [6.07, 6.45) is 1.75. The molecule has 1 aliphatic heterocycles. The van der Waals surface area contributed by atoms with Crippen LogP contribution in [0.3, 0.4) is 0 Å². The molecule has 1 N–H and O–H groups in total. The van der Waals surface area contributed by atoms with E-state index in [1.807, 2.05) is 6.92 Å². The molecular formula is C11H16N4O. The van der Waals surface area contributed by atoms with Gasteiger partial charge in [-0.2, -0.15) is 0 Å². The van der Waals surface area contributed by atoms with Crippen molar-refractivity contribution >= 4 is 11.7 Å². The zero-order chi connectivity index (χ0) is 11.7. The highest BCUT2D eigenvalue weighted by Crippen LogP contribution is 2.23. The highest BCUT2D eigenvalue weighted by molar-refractivity contribution is 5.94. The molecular weight excluding hydrogens is 204 g/mol. The third kappa shape index (κ3) is 1.73. The number of rotatable bonds is 2. The summed E-state index contributed by atoms with van der Waals surface area (Å²) < 4.78 is 0. The van der Waals surface area contributed by atoms with Crippen LogP contribution in [0.5, 0.6) is 0 Å². The van der Waals surface area contributed by atoms with E-state index in [9.17, 15) is 4.79 Å². The number of urea groups is 1. The number of nitrogens with one attached hydrogen (secondary N) is 1. The molecule has 1 aromatic heterocycles. The van der Waals surface area contributed by atoms with Crippen LogP contribution in [0, 0.1) is 0 Å². The molecule has 1 aliphatic rings. The Morgan fingerprint density at radius 3 is 2.94 bits per heavy atom. The molecule has 0 unspecified atom stereocenters. The van der Waals surface area contributed by atoms with Crippen LogP contribution >= 0.6 is 0 Å². The number of nitrogens with zero attached hydrogens (tertiary/aromatic N) is 3. The number of carbonyl (C=O) groups is 1. The highest BCUT2D eigenvalue weighted by Gasteiger charge is 2.24. The van der Waals surface area contributed by atoms with E-state index in [2.05, 4.69) is 29.1 Å². The van der Waals surface area contributed by atoms with Crippen LogP contribution in [-0.4, -0.2) is 22.5 Å². The molecule has 2 amide bonds. The lowest BCUT2D eigenvalue weighted by Crippen LogP contribution is -2.44. The molecule has 5 heteroatoms. The van der Waals surface area contributed by atoms with E-state index in [1.54, 1.807) is 11.1 Å². The molecule has 0 aliphatic carbocycles. The molecule has 1 aromatic rings. The van der Waals surface area contributed by atoms with Gasteiger partial charge in [-0.3, -0.25) is 4.90 Å². The quantitative estimate of drug-likeness (QED) is 0.824. The molecule has 0 aromatic carbocycles. The summed E-state index contributed by atoms with van der Waals surface area (Å²) in [5.74, 6) is 1.13. The summed E-state index contributed by atoms with van der Waals surface area (Å²) in [5, 5.41) is 2.80. The van der Waals surface area contributed by atoms with Crippen molar-refractivity contribution in [3.05, 3.63) is 17.7 Å². The Morgan fingerprint density at radius 2 is 2.31 bits per heavy atom. The van der Waals surface area contributed by atoms with Gasteiger partial charge >= 0.3 is 6.03 Å². The van der Waals surface area contributed by atoms with Crippen LogP contribution in [0.15, 0.2) is 6.20 Å². The molecule has 0 fully saturated rings. The first-order valence-electron chi connectivity index (χ1n) is 5.54. The Bertz CT molecular complexity index is 416. The van der Waals surface area contributed by atoms with Crippen LogP contribution in [0.2, 0.25) is 0 Å². The summed E-state index contributed by atoms with van der Waals surface area (Å²) in [4.78, 5) is 22.0. The van der Waals surface area contributed by atoms with E-state index in [0.29, 0.717) is 19.0 Å². The maximum Gasteiger partial charge on any atom is 0.322 e. The first-order valence-corrected chi connectivity index (χ1v) is 5.54. The van der Waals surface area contributed by atoms with Crippen molar-refractivity contribution in [3.8, 4) is 0 Å². The molecule has 0 radical (unpaired) electrons. The van der Waals surface area contributed by atoms with Gasteiger partial charge in [-0.1, -0.05) is 13.8 Å². The number of anilines is 1. The van der Waals surface area contributed by atoms with Gasteiger partial charge in [0.05, 0.1) is 24.1 Å². The van der Waals surface area contributed by atoms with Crippen molar-refractivity contribution < 1.29 is 4.79 Å². The molecule has 5 nitrogen and oxygen atoms in total. The lowest BCUT2D eigenvalue weighted by atomic mass is 10.2. The lowest BCUT2D eigenvalue weighted by molar-refractivity contribution is 0.244. The Morgan fingerprint density at radius 1 is 1.56 bits per heavy atom. The molecule has 2 rings (SSSR count). The fraction of sp³-hybridized carbons (Fsp3) is 0.545. The summed E-state index contributed by atoms with van der Waals surface area (Å²) in [6.45, 7) is 7.17. The van der Waals surface area contributed by atoms with Crippen LogP contribution in [0.4, 0.5) is 10.5 Å². The van der Waals surface area contributed by atoms with Crippen molar-refractivity contribution in [2.45, 2.75) is 33.2 Å². The average Bonchev–Trinajstić information content (AvgIpc) is 2.28. The van der Waals surface area contributed by atoms with Gasteiger partial charge in [0.25, 0.3) is 0 Å². The van der Waals surface area contributed by atoms with E-state index in [4.69, 9.17) is 0 Å². The minimum absolute atomic E-state index is 0.0732. The Kier molecular flexibility index (Phi) is 2.77. The first-order chi connectivity index (χ1) is 7.63. The Labute approximate surface area is 94.9 Å². The van der Waals surface area contributed by atoms with E-state index in [0.717, 1.165) is 17.2 Å². The molecule has 2 heterocycles. The molecule has 16 heavy (non-hydrogen) atoms. The molecule has 86 valence electrons. The van der Waals surface area contributed by atoms with Gasteiger partial charge in [-0.15, -0.1) is 0 Å². The van der Waals surface area contributed by atoms with Crippen LogP contribution in [0.1, 0.15) is 38.2 Å². The van der Waals surface area contributed by atoms with E-state index in [1.165, 1.54) is 0 Å². The molecule has 0 atom stereocenters. The van der Waals surface area contributed by atoms with Gasteiger partial charge in [-0.25, -0.2) is 14.8 Å². The number of hydrogen-bond donors (Lipinski definition) is 1. The number of carbonyl (C=O) groups excluding carboxylic acids is 1. The molecule has 0 saturated carbocycles. The normalized spacial score (nSPS) is 15.0. The number of amides is 2. The highest BCUT2D eigenvalue weighted by atomic mass is 16.2. The second-order valence-electron chi connectivity index (χ2n) is 4.12. The zero-order valence-electron chi connectivity index (χ0n) is 9.82. The maximum absolute atomic E-state index is 11.6. The predicted molar refractivity (Wildman–Crippen MR) is 61.4 cm³/mol. The fourth-order valence-electron chi connectivity index (χ4n) is 1.74. The number of fused-ring (bicyclic) bond motifs is 1. The van der Waals surface area contributed by atoms with Gasteiger partial charge in [0.2, 0.25) is 0 Å². The molecule has 0 saturated heterocycles. The Balaban J connectivity index is 2.42. The fourth-order valence-corrected chi connectivity index (χ4v) is 1.74. The van der Waals surface area contributed by atoms with Crippen LogP contribution in [0.25, 0.3) is 0 Å². The summed E-state index contributed by atoms with van der Waals surface area (Å²) in [6, 6.07) is -0.0732. The van der Waals surface area contributed by atoms with Crippen molar-refractivity contribution in [3.63, 3.8) is 0 Å². The maximum atomic E-state index is 11.6. The van der Waals surface area contributed by atoms with Gasteiger partial charge in [0.1, 0.15) is 5.82 Å². The minimum Gasteiger partial charge on any atom is -0.332 e. The predicted octanol–water partition coefficient (Wildman–Crippen LogP) is 1.65. The standard InChI is InChI=1S/C11H16N4O/c1-4-15-9-6-12-10(7(2)3)14-8(9)5-13-11(15)16/h6-7H,4-5H2,1-3H3,(H,13,16). The van der Waals surface area contributed by atoms with Crippen molar-refractivity contribution in [1.29, 1.82) is 0 Å². The average molecular weight is 220 g/mol. The van der Waals surface area contributed by atoms with Gasteiger partial charge < -0.3 is 5.32 Å². The molecule has 0 bridgehead atoms. The SMILES string of the molecule is CCN1C(=O)NCc2nc(C(C)C)ncc21. The monoisotopic (exact) mass is 220 g/mol. The second-order valence-corrected chi connectivity index (χ2v) is 4.12. The van der Waals surface area contributed by atoms with E-state index in [-0.39, 0.29) is 6.03 Å². The smallest absolute Gasteiger partial charge is 0.322 e. The Hall–Kier alpha value is -1.65. The van der Waals surface area contributed by atoms with Crippen molar-refractivity contribution in [2.24, 2.45) is 0 Å². The van der Waals surface area contributed by atoms with Gasteiger partial charge in [-0.05, 0) is 6.92 Å². The van der Waals surface area contributed by atoms with Crippen molar-refractivity contribution in [1.82, 2.24) is 15.3 Å². The van der Waals surface area contributed by atoms with E-state index >= 15 is 0 Å². The third-order valence-corrected chi connectivity index (χ3v) is 2.64. The van der Waals surface area contributed by atoms with Gasteiger partial charge in [0, 0.05) is 12.5 Å². The summed E-state index contributed by atoms with van der Waals surface area (Å²) in [5.41, 5.74) is 1.73. The largest absolute Gasteiger partial charge is 0.332 e. The summed E-state index contributed by atoms with van der Waals surface area (Å²) >= 11 is 0. The number of aromatic nitrogens is 2. The third-order valence-electron chi connectivity index (χ3n) is 2.64. The first kappa shape index (κ1) is 10.9. The second kappa shape index (κ2) is 4.08. The molecule has 0 spiro atoms. The lowest BCUT2D eigenvalue weighted by Gasteiger charge is -2.28. The summed E-state index contributed by atoms with van der Waals surface area (Å²) in [7, 11) is 0. The topological polar surface area (TPSA) is 58.1 Å². The van der Waals surface area contributed by atoms with Crippen molar-refractivity contribution in [2.75, 3.05) is 11.4 Å². The van der Waals surface area contributed by atoms with Crippen LogP contribution < -0.4 is 10.2 Å². The number of hydrogen-bond acceptors (Lipinski definition) is 3. The minimum atomic E-state index is -0.0732.